The number of sulfonamides is 1. The number of nitrogens with zero attached hydrogens (tertiary/aromatic N) is 1. The van der Waals surface area contributed by atoms with Crippen molar-refractivity contribution in [2.75, 3.05) is 0 Å². The van der Waals surface area contributed by atoms with E-state index >= 15 is 0 Å². The molecule has 3 aromatic rings. The Bertz CT molecular complexity index is 1130. The zero-order valence-corrected chi connectivity index (χ0v) is 17.8. The van der Waals surface area contributed by atoms with Crippen LogP contribution in [0.5, 0.6) is 0 Å². The van der Waals surface area contributed by atoms with Gasteiger partial charge in [0.15, 0.2) is 0 Å². The van der Waals surface area contributed by atoms with Crippen LogP contribution in [0.4, 0.5) is 0 Å². The third kappa shape index (κ3) is 5.06. The molecule has 3 aromatic carbocycles. The van der Waals surface area contributed by atoms with Crippen molar-refractivity contribution in [1.29, 1.82) is 0 Å². The fourth-order valence-electron chi connectivity index (χ4n) is 2.94. The van der Waals surface area contributed by atoms with Crippen LogP contribution in [0, 0.1) is 12.1 Å². The second kappa shape index (κ2) is 9.40. The van der Waals surface area contributed by atoms with Gasteiger partial charge in [0.1, 0.15) is 4.90 Å². The Morgan fingerprint density at radius 1 is 0.933 bits per heavy atom. The first-order valence-electron chi connectivity index (χ1n) is 9.13. The fraction of sp³-hybridized carbons (Fsp3) is 0.136. The summed E-state index contributed by atoms with van der Waals surface area (Å²) in [5.74, 6) is -0.748. The Morgan fingerprint density at radius 2 is 1.47 bits per heavy atom. The summed E-state index contributed by atoms with van der Waals surface area (Å²) in [7, 11) is -3.90. The van der Waals surface area contributed by atoms with E-state index in [0.29, 0.717) is 5.56 Å². The summed E-state index contributed by atoms with van der Waals surface area (Å²) in [5, 5.41) is 10.7. The number of halogens is 1. The maximum Gasteiger partial charge on any atom is 0.245 e. The Morgan fingerprint density at radius 3 is 2.00 bits per heavy atom. The van der Waals surface area contributed by atoms with Crippen LogP contribution < -0.4 is 5.48 Å². The highest BCUT2D eigenvalue weighted by Crippen LogP contribution is 2.27. The molecule has 3 rings (SSSR count). The number of aryl methyl sites for hydroxylation is 1. The van der Waals surface area contributed by atoms with E-state index < -0.39 is 15.9 Å². The molecule has 0 spiro atoms. The van der Waals surface area contributed by atoms with Crippen molar-refractivity contribution in [1.82, 2.24) is 9.79 Å². The standard InChI is InChI=1S/C22H20ClN2O4S/c1-16-6-8-17(9-7-16)14-25(30(28,29)21-5-3-2-4-20(21)23)15-18-10-12-19(13-11-18)22(26)24-27/h2-13H,14-15H2,1H3,(H-,24,26,27)/q-1. The lowest BCUT2D eigenvalue weighted by atomic mass is 10.1. The van der Waals surface area contributed by atoms with Gasteiger partial charge in [-0.05, 0) is 42.3 Å². The highest BCUT2D eigenvalue weighted by Gasteiger charge is 2.27. The predicted octanol–water partition coefficient (Wildman–Crippen LogP) is 4.27. The molecule has 0 radical (unpaired) electrons. The summed E-state index contributed by atoms with van der Waals surface area (Å²) >= 11 is 6.17. The quantitative estimate of drug-likeness (QED) is 0.552. The van der Waals surface area contributed by atoms with Crippen LogP contribution in [-0.2, 0) is 23.1 Å². The largest absolute Gasteiger partial charge is 0.759 e. The zero-order valence-electron chi connectivity index (χ0n) is 16.2. The van der Waals surface area contributed by atoms with Gasteiger partial charge in [-0.1, -0.05) is 65.7 Å². The predicted molar refractivity (Wildman–Crippen MR) is 116 cm³/mol. The number of benzene rings is 3. The van der Waals surface area contributed by atoms with E-state index in [-0.39, 0.29) is 28.6 Å². The van der Waals surface area contributed by atoms with E-state index in [1.54, 1.807) is 24.3 Å². The number of carbonyl (C=O) groups is 1. The van der Waals surface area contributed by atoms with E-state index in [2.05, 4.69) is 0 Å². The lowest BCUT2D eigenvalue weighted by Gasteiger charge is -2.23. The second-order valence-corrected chi connectivity index (χ2v) is 9.13. The van der Waals surface area contributed by atoms with E-state index in [4.69, 9.17) is 11.6 Å². The highest BCUT2D eigenvalue weighted by atomic mass is 35.5. The SMILES string of the molecule is Cc1ccc(CN(Cc2ccc(C(=O)N[O-])cc2)S(=O)(=O)c2ccccc2Cl)cc1. The van der Waals surface area contributed by atoms with Crippen LogP contribution in [0.25, 0.3) is 0 Å². The number of hydrogen-bond donors (Lipinski definition) is 1. The van der Waals surface area contributed by atoms with Gasteiger partial charge in [-0.3, -0.25) is 4.79 Å². The minimum absolute atomic E-state index is 0.0288. The van der Waals surface area contributed by atoms with Crippen molar-refractivity contribution >= 4 is 27.5 Å². The molecule has 1 amide bonds. The molecule has 0 aromatic heterocycles. The van der Waals surface area contributed by atoms with E-state index in [9.17, 15) is 18.4 Å². The molecule has 1 N–H and O–H groups in total. The number of carbonyl (C=O) groups excluding carboxylic acids is 1. The molecule has 30 heavy (non-hydrogen) atoms. The van der Waals surface area contributed by atoms with Crippen molar-refractivity contribution in [3.8, 4) is 0 Å². The number of nitrogens with one attached hydrogen (secondary N) is 1. The van der Waals surface area contributed by atoms with Gasteiger partial charge >= 0.3 is 0 Å². The van der Waals surface area contributed by atoms with Gasteiger partial charge in [0.05, 0.1) is 5.02 Å². The number of hydrogen-bond acceptors (Lipinski definition) is 4. The number of hydroxylamine groups is 1. The van der Waals surface area contributed by atoms with Crippen molar-refractivity contribution < 1.29 is 13.2 Å². The maximum atomic E-state index is 13.4. The molecule has 0 aliphatic carbocycles. The Labute approximate surface area is 180 Å². The minimum atomic E-state index is -3.90. The summed E-state index contributed by atoms with van der Waals surface area (Å²) in [6, 6.07) is 20.1. The number of amides is 1. The Hall–Kier alpha value is -2.71. The summed E-state index contributed by atoms with van der Waals surface area (Å²) in [6.07, 6.45) is 0. The molecule has 0 fully saturated rings. The van der Waals surface area contributed by atoms with E-state index in [1.165, 1.54) is 34.1 Å². The third-order valence-electron chi connectivity index (χ3n) is 4.60. The normalized spacial score (nSPS) is 11.5. The van der Waals surface area contributed by atoms with Crippen molar-refractivity contribution in [2.24, 2.45) is 0 Å². The molecule has 0 heterocycles. The first-order valence-corrected chi connectivity index (χ1v) is 10.9. The van der Waals surface area contributed by atoms with Crippen molar-refractivity contribution in [3.63, 3.8) is 0 Å². The molecule has 0 unspecified atom stereocenters. The van der Waals surface area contributed by atoms with Gasteiger partial charge in [0, 0.05) is 18.7 Å². The van der Waals surface area contributed by atoms with Gasteiger partial charge in [0.25, 0.3) is 0 Å². The first-order chi connectivity index (χ1) is 14.3. The van der Waals surface area contributed by atoms with Crippen LogP contribution in [0.1, 0.15) is 27.0 Å². The van der Waals surface area contributed by atoms with Crippen LogP contribution in [0.2, 0.25) is 5.02 Å². The molecular formula is C22H20ClN2O4S-. The Kier molecular flexibility index (Phi) is 6.89. The summed E-state index contributed by atoms with van der Waals surface area (Å²) in [5.41, 5.74) is 4.10. The number of rotatable bonds is 7. The lowest BCUT2D eigenvalue weighted by Crippen LogP contribution is -2.30. The van der Waals surface area contributed by atoms with Crippen molar-refractivity contribution in [3.05, 3.63) is 105 Å². The molecule has 8 heteroatoms. The summed E-state index contributed by atoms with van der Waals surface area (Å²) in [6.45, 7) is 2.18. The monoisotopic (exact) mass is 443 g/mol. The van der Waals surface area contributed by atoms with E-state index in [0.717, 1.165) is 11.1 Å². The average molecular weight is 444 g/mol. The fourth-order valence-corrected chi connectivity index (χ4v) is 4.85. The minimum Gasteiger partial charge on any atom is -0.759 e. The topological polar surface area (TPSA) is 89.5 Å². The molecule has 0 aliphatic heterocycles. The molecular weight excluding hydrogens is 424 g/mol. The molecule has 6 nitrogen and oxygen atoms in total. The van der Waals surface area contributed by atoms with Crippen molar-refractivity contribution in [2.45, 2.75) is 24.9 Å². The molecule has 156 valence electrons. The van der Waals surface area contributed by atoms with Gasteiger partial charge in [-0.25, -0.2) is 8.42 Å². The van der Waals surface area contributed by atoms with Gasteiger partial charge < -0.3 is 10.7 Å². The van der Waals surface area contributed by atoms with Crippen LogP contribution in [0.3, 0.4) is 0 Å². The second-order valence-electron chi connectivity index (χ2n) is 6.82. The first kappa shape index (κ1) is 22.0. The smallest absolute Gasteiger partial charge is 0.245 e. The summed E-state index contributed by atoms with van der Waals surface area (Å²) < 4.78 is 28.1. The van der Waals surface area contributed by atoms with E-state index in [1.807, 2.05) is 31.2 Å². The molecule has 0 aliphatic rings. The molecule has 0 bridgehead atoms. The zero-order chi connectivity index (χ0) is 21.7. The Balaban J connectivity index is 1.96. The maximum absolute atomic E-state index is 13.4. The van der Waals surface area contributed by atoms with Gasteiger partial charge in [0.2, 0.25) is 15.9 Å². The molecule has 0 saturated carbocycles. The molecule has 0 atom stereocenters. The van der Waals surface area contributed by atoms with Gasteiger partial charge in [-0.15, -0.1) is 0 Å². The van der Waals surface area contributed by atoms with Gasteiger partial charge in [-0.2, -0.15) is 4.31 Å². The summed E-state index contributed by atoms with van der Waals surface area (Å²) in [4.78, 5) is 11.5. The highest BCUT2D eigenvalue weighted by molar-refractivity contribution is 7.89. The average Bonchev–Trinajstić information content (AvgIpc) is 2.75. The van der Waals surface area contributed by atoms with Crippen LogP contribution in [-0.4, -0.2) is 18.6 Å². The lowest BCUT2D eigenvalue weighted by molar-refractivity contribution is 0.0970. The van der Waals surface area contributed by atoms with Crippen LogP contribution >= 0.6 is 11.6 Å². The van der Waals surface area contributed by atoms with Crippen LogP contribution in [0.15, 0.2) is 77.7 Å². The third-order valence-corrected chi connectivity index (χ3v) is 6.89. The molecule has 0 saturated heterocycles.